The van der Waals surface area contributed by atoms with Crippen molar-refractivity contribution in [2.75, 3.05) is 13.1 Å². The van der Waals surface area contributed by atoms with Crippen molar-refractivity contribution in [1.82, 2.24) is 14.4 Å². The van der Waals surface area contributed by atoms with Gasteiger partial charge in [-0.05, 0) is 61.9 Å². The van der Waals surface area contributed by atoms with Gasteiger partial charge in [0.25, 0.3) is 5.91 Å². The molecule has 2 aromatic rings. The van der Waals surface area contributed by atoms with E-state index in [9.17, 15) is 9.59 Å². The number of aryl methyl sites for hydroxylation is 2. The molecule has 1 aromatic carbocycles. The molecule has 1 heterocycles. The fourth-order valence-electron chi connectivity index (χ4n) is 3.81. The summed E-state index contributed by atoms with van der Waals surface area (Å²) >= 11 is 0. The third-order valence-electron chi connectivity index (χ3n) is 6.05. The highest BCUT2D eigenvalue weighted by Crippen LogP contribution is 2.15. The maximum atomic E-state index is 13.4. The molecule has 5 nitrogen and oxygen atoms in total. The van der Waals surface area contributed by atoms with Crippen LogP contribution in [0.25, 0.3) is 0 Å². The molecule has 0 spiro atoms. The number of carbonyl (C=O) groups is 2. The molecule has 0 bridgehead atoms. The summed E-state index contributed by atoms with van der Waals surface area (Å²) in [6.45, 7) is 11.8. The molecule has 0 fully saturated rings. The van der Waals surface area contributed by atoms with Crippen LogP contribution in [0.2, 0.25) is 0 Å². The number of hydrogen-bond donors (Lipinski definition) is 0. The van der Waals surface area contributed by atoms with Crippen LogP contribution in [-0.4, -0.2) is 45.3 Å². The number of nitrogens with zero attached hydrogens (tertiary/aromatic N) is 3. The Kier molecular flexibility index (Phi) is 10.0. The average molecular weight is 440 g/mol. The van der Waals surface area contributed by atoms with Gasteiger partial charge in [0, 0.05) is 37.1 Å². The van der Waals surface area contributed by atoms with Gasteiger partial charge in [0.1, 0.15) is 6.54 Å². The Morgan fingerprint density at radius 1 is 1.03 bits per heavy atom. The van der Waals surface area contributed by atoms with E-state index in [4.69, 9.17) is 0 Å². The van der Waals surface area contributed by atoms with E-state index in [1.165, 1.54) is 5.56 Å². The number of carbonyl (C=O) groups excluding carboxylic acids is 2. The highest BCUT2D eigenvalue weighted by atomic mass is 16.2. The van der Waals surface area contributed by atoms with Crippen LogP contribution in [-0.2, 0) is 24.8 Å². The standard InChI is InChI=1S/C27H41N3O2/c1-7-9-11-23-13-15-24(16-14-23)27(32)30(22(5)8-2)20-26(31)29(18-21(3)4)19-25-12-10-17-28(25)6/h10,12-17,21-22H,7-9,11,18-20H2,1-6H3/t22-/m0/s1. The Morgan fingerprint density at radius 2 is 1.72 bits per heavy atom. The molecular weight excluding hydrogens is 398 g/mol. The van der Waals surface area contributed by atoms with Crippen molar-refractivity contribution >= 4 is 11.8 Å². The molecule has 2 amide bonds. The summed E-state index contributed by atoms with van der Waals surface area (Å²) in [6, 6.07) is 11.9. The van der Waals surface area contributed by atoms with Gasteiger partial charge in [-0.15, -0.1) is 0 Å². The summed E-state index contributed by atoms with van der Waals surface area (Å²) in [7, 11) is 1.99. The molecule has 1 atom stereocenters. The van der Waals surface area contributed by atoms with Gasteiger partial charge in [-0.25, -0.2) is 0 Å². The molecule has 0 aliphatic carbocycles. The number of amides is 2. The predicted molar refractivity (Wildman–Crippen MR) is 132 cm³/mol. The first-order valence-corrected chi connectivity index (χ1v) is 12.0. The van der Waals surface area contributed by atoms with Crippen molar-refractivity contribution in [3.63, 3.8) is 0 Å². The second-order valence-corrected chi connectivity index (χ2v) is 9.27. The first kappa shape index (κ1) is 25.7. The quantitative estimate of drug-likeness (QED) is 0.451. The summed E-state index contributed by atoms with van der Waals surface area (Å²) in [5.74, 6) is 0.272. The zero-order valence-electron chi connectivity index (χ0n) is 20.8. The predicted octanol–water partition coefficient (Wildman–Crippen LogP) is 5.29. The average Bonchev–Trinajstić information content (AvgIpc) is 3.18. The van der Waals surface area contributed by atoms with Crippen LogP contribution in [0.15, 0.2) is 42.6 Å². The maximum absolute atomic E-state index is 13.4. The fourth-order valence-corrected chi connectivity index (χ4v) is 3.81. The molecule has 0 aliphatic rings. The molecule has 0 unspecified atom stereocenters. The van der Waals surface area contributed by atoms with Gasteiger partial charge >= 0.3 is 0 Å². The Balaban J connectivity index is 2.18. The van der Waals surface area contributed by atoms with E-state index in [1.54, 1.807) is 4.90 Å². The second kappa shape index (κ2) is 12.5. The topological polar surface area (TPSA) is 45.6 Å². The maximum Gasteiger partial charge on any atom is 0.254 e. The van der Waals surface area contributed by atoms with Crippen LogP contribution in [0, 0.1) is 5.92 Å². The van der Waals surface area contributed by atoms with E-state index < -0.39 is 0 Å². The Bertz CT molecular complexity index is 854. The van der Waals surface area contributed by atoms with Crippen LogP contribution in [0.3, 0.4) is 0 Å². The third kappa shape index (κ3) is 7.25. The van der Waals surface area contributed by atoms with Gasteiger partial charge < -0.3 is 14.4 Å². The van der Waals surface area contributed by atoms with Crippen molar-refractivity contribution in [1.29, 1.82) is 0 Å². The molecule has 0 saturated heterocycles. The molecule has 176 valence electrons. The SMILES string of the molecule is CCCCc1ccc(C(=O)N(CC(=O)N(Cc2cccn2C)CC(C)C)[C@@H](C)CC)cc1. The van der Waals surface area contributed by atoms with Gasteiger partial charge in [0.2, 0.25) is 5.91 Å². The molecule has 5 heteroatoms. The highest BCUT2D eigenvalue weighted by Gasteiger charge is 2.26. The van der Waals surface area contributed by atoms with E-state index in [2.05, 4.69) is 27.7 Å². The molecule has 2 rings (SSSR count). The van der Waals surface area contributed by atoms with Crippen molar-refractivity contribution < 1.29 is 9.59 Å². The van der Waals surface area contributed by atoms with Crippen LogP contribution < -0.4 is 0 Å². The van der Waals surface area contributed by atoms with Crippen LogP contribution >= 0.6 is 0 Å². The molecule has 1 aromatic heterocycles. The number of aromatic nitrogens is 1. The zero-order chi connectivity index (χ0) is 23.7. The molecule has 32 heavy (non-hydrogen) atoms. The largest absolute Gasteiger partial charge is 0.353 e. The number of benzene rings is 1. The summed E-state index contributed by atoms with van der Waals surface area (Å²) in [4.78, 5) is 30.4. The van der Waals surface area contributed by atoms with Gasteiger partial charge in [-0.2, -0.15) is 0 Å². The first-order valence-electron chi connectivity index (χ1n) is 12.0. The molecule has 0 aliphatic heterocycles. The van der Waals surface area contributed by atoms with Gasteiger partial charge in [0.05, 0.1) is 6.54 Å². The lowest BCUT2D eigenvalue weighted by Crippen LogP contribution is -2.47. The summed E-state index contributed by atoms with van der Waals surface area (Å²) in [5, 5.41) is 0. The molecular formula is C27H41N3O2. The minimum Gasteiger partial charge on any atom is -0.353 e. The van der Waals surface area contributed by atoms with Gasteiger partial charge in [-0.1, -0.05) is 46.2 Å². The van der Waals surface area contributed by atoms with Crippen LogP contribution in [0.5, 0.6) is 0 Å². The Labute approximate surface area is 194 Å². The lowest BCUT2D eigenvalue weighted by Gasteiger charge is -2.32. The highest BCUT2D eigenvalue weighted by molar-refractivity contribution is 5.96. The smallest absolute Gasteiger partial charge is 0.254 e. The van der Waals surface area contributed by atoms with Crippen molar-refractivity contribution in [3.8, 4) is 0 Å². The normalized spacial score (nSPS) is 12.1. The summed E-state index contributed by atoms with van der Waals surface area (Å²) in [5.41, 5.74) is 2.99. The molecule has 0 radical (unpaired) electrons. The minimum absolute atomic E-state index is 0.00637. The lowest BCUT2D eigenvalue weighted by atomic mass is 10.0. The van der Waals surface area contributed by atoms with Gasteiger partial charge in [0.15, 0.2) is 0 Å². The van der Waals surface area contributed by atoms with E-state index in [1.807, 2.05) is 66.0 Å². The molecule has 0 saturated carbocycles. The number of rotatable bonds is 12. The fraction of sp³-hybridized carbons (Fsp3) is 0.556. The van der Waals surface area contributed by atoms with Crippen LogP contribution in [0.1, 0.15) is 75.5 Å². The van der Waals surface area contributed by atoms with Crippen molar-refractivity contribution in [3.05, 3.63) is 59.4 Å². The first-order chi connectivity index (χ1) is 15.3. The monoisotopic (exact) mass is 439 g/mol. The summed E-state index contributed by atoms with van der Waals surface area (Å²) in [6.07, 6.45) is 6.12. The van der Waals surface area contributed by atoms with Gasteiger partial charge in [-0.3, -0.25) is 9.59 Å². The van der Waals surface area contributed by atoms with Crippen molar-refractivity contribution in [2.24, 2.45) is 13.0 Å². The van der Waals surface area contributed by atoms with E-state index in [0.717, 1.165) is 31.4 Å². The summed E-state index contributed by atoms with van der Waals surface area (Å²) < 4.78 is 2.04. The Morgan fingerprint density at radius 3 is 2.25 bits per heavy atom. The lowest BCUT2D eigenvalue weighted by molar-refractivity contribution is -0.133. The van der Waals surface area contributed by atoms with E-state index >= 15 is 0 Å². The minimum atomic E-state index is -0.0712. The van der Waals surface area contributed by atoms with Crippen molar-refractivity contribution in [2.45, 2.75) is 72.9 Å². The number of unbranched alkanes of at least 4 members (excludes halogenated alkanes) is 1. The Hall–Kier alpha value is -2.56. The van der Waals surface area contributed by atoms with Crippen LogP contribution in [0.4, 0.5) is 0 Å². The molecule has 0 N–H and O–H groups in total. The third-order valence-corrected chi connectivity index (χ3v) is 6.05. The van der Waals surface area contributed by atoms with E-state index in [0.29, 0.717) is 24.6 Å². The zero-order valence-corrected chi connectivity index (χ0v) is 20.8. The number of hydrogen-bond acceptors (Lipinski definition) is 2. The second-order valence-electron chi connectivity index (χ2n) is 9.27. The van der Waals surface area contributed by atoms with E-state index in [-0.39, 0.29) is 24.4 Å².